The van der Waals surface area contributed by atoms with Gasteiger partial charge in [0.2, 0.25) is 11.8 Å². The lowest BCUT2D eigenvalue weighted by Gasteiger charge is -2.17. The van der Waals surface area contributed by atoms with Gasteiger partial charge in [-0.25, -0.2) is 0 Å². The highest BCUT2D eigenvalue weighted by Crippen LogP contribution is 2.30. The highest BCUT2D eigenvalue weighted by Gasteiger charge is 2.34. The smallest absolute Gasteiger partial charge is 0.229 e. The van der Waals surface area contributed by atoms with Crippen molar-refractivity contribution in [2.24, 2.45) is 5.92 Å². The third-order valence-electron chi connectivity index (χ3n) is 5.63. The molecule has 2 N–H and O–H groups in total. The summed E-state index contributed by atoms with van der Waals surface area (Å²) in [4.78, 5) is 30.3. The normalized spacial score (nSPS) is 16.0. The molecule has 0 spiro atoms. The molecule has 162 valence electrons. The number of nitrogens with one attached hydrogen (secondary N) is 2. The third-order valence-corrected chi connectivity index (χ3v) is 5.87. The number of ether oxygens (including phenoxy) is 2. The molecule has 1 fully saturated rings. The van der Waals surface area contributed by atoms with Crippen LogP contribution in [0.4, 0.5) is 5.69 Å². The summed E-state index contributed by atoms with van der Waals surface area (Å²) in [5, 5.41) is 4.61. The number of aromatic amines is 1. The highest BCUT2D eigenvalue weighted by atomic mass is 35.5. The number of likely N-dealkylation sites (tertiary alicyclic amines) is 1. The fourth-order valence-corrected chi connectivity index (χ4v) is 4.09. The molecule has 1 aliphatic heterocycles. The van der Waals surface area contributed by atoms with Gasteiger partial charge in [0, 0.05) is 47.7 Å². The molecule has 4 rings (SSSR count). The van der Waals surface area contributed by atoms with E-state index in [4.69, 9.17) is 21.1 Å². The van der Waals surface area contributed by atoms with Gasteiger partial charge >= 0.3 is 0 Å². The zero-order valence-electron chi connectivity index (χ0n) is 17.4. The van der Waals surface area contributed by atoms with Crippen LogP contribution in [0.5, 0.6) is 11.5 Å². The molecule has 2 aromatic carbocycles. The number of anilines is 1. The first kappa shape index (κ1) is 21.1. The Bertz CT molecular complexity index is 1130. The molecule has 1 aliphatic rings. The number of methoxy groups -OCH3 is 2. The maximum absolute atomic E-state index is 12.8. The molecule has 31 heavy (non-hydrogen) atoms. The Labute approximate surface area is 185 Å². The molecule has 1 atom stereocenters. The van der Waals surface area contributed by atoms with Crippen molar-refractivity contribution < 1.29 is 19.1 Å². The van der Waals surface area contributed by atoms with Gasteiger partial charge in [0.15, 0.2) is 0 Å². The van der Waals surface area contributed by atoms with Crippen molar-refractivity contribution in [2.45, 2.75) is 12.8 Å². The number of hydrogen-bond donors (Lipinski definition) is 2. The van der Waals surface area contributed by atoms with Gasteiger partial charge in [0.1, 0.15) is 11.5 Å². The average molecular weight is 442 g/mol. The molecule has 2 amide bonds. The predicted octanol–water partition coefficient (Wildman–Crippen LogP) is 3.87. The Morgan fingerprint density at radius 1 is 1.23 bits per heavy atom. The van der Waals surface area contributed by atoms with Crippen molar-refractivity contribution in [1.82, 2.24) is 9.88 Å². The van der Waals surface area contributed by atoms with Gasteiger partial charge in [-0.3, -0.25) is 9.59 Å². The molecule has 7 nitrogen and oxygen atoms in total. The summed E-state index contributed by atoms with van der Waals surface area (Å²) in [7, 11) is 3.10. The molecular weight excluding hydrogens is 418 g/mol. The van der Waals surface area contributed by atoms with Crippen molar-refractivity contribution in [1.29, 1.82) is 0 Å². The fourth-order valence-electron chi connectivity index (χ4n) is 3.91. The fraction of sp³-hybridized carbons (Fsp3) is 0.304. The van der Waals surface area contributed by atoms with E-state index in [0.717, 1.165) is 16.5 Å². The van der Waals surface area contributed by atoms with Gasteiger partial charge in [-0.1, -0.05) is 11.6 Å². The molecule has 8 heteroatoms. The van der Waals surface area contributed by atoms with E-state index in [2.05, 4.69) is 10.3 Å². The molecule has 3 aromatic rings. The number of aromatic nitrogens is 1. The maximum atomic E-state index is 12.8. The van der Waals surface area contributed by atoms with Crippen LogP contribution in [-0.4, -0.2) is 49.0 Å². The minimum atomic E-state index is -0.406. The number of halogens is 1. The van der Waals surface area contributed by atoms with Crippen LogP contribution in [0.1, 0.15) is 12.0 Å². The van der Waals surface area contributed by atoms with E-state index in [1.807, 2.05) is 24.4 Å². The van der Waals surface area contributed by atoms with Gasteiger partial charge in [-0.2, -0.15) is 0 Å². The molecular formula is C23H24ClN3O4. The second-order valence-corrected chi connectivity index (χ2v) is 7.99. The van der Waals surface area contributed by atoms with Crippen LogP contribution < -0.4 is 14.8 Å². The Balaban J connectivity index is 1.38. The minimum Gasteiger partial charge on any atom is -0.497 e. The summed E-state index contributed by atoms with van der Waals surface area (Å²) in [6, 6.07) is 10.9. The molecule has 1 saturated heterocycles. The summed E-state index contributed by atoms with van der Waals surface area (Å²) in [6.07, 6.45) is 2.83. The van der Waals surface area contributed by atoms with Crippen LogP contribution in [0, 0.1) is 5.92 Å². The lowest BCUT2D eigenvalue weighted by Crippen LogP contribution is -2.30. The Morgan fingerprint density at radius 2 is 2.06 bits per heavy atom. The molecule has 0 saturated carbocycles. The summed E-state index contributed by atoms with van der Waals surface area (Å²) in [5.41, 5.74) is 2.66. The van der Waals surface area contributed by atoms with Crippen LogP contribution in [0.2, 0.25) is 5.02 Å². The van der Waals surface area contributed by atoms with E-state index in [0.29, 0.717) is 41.7 Å². The highest BCUT2D eigenvalue weighted by molar-refractivity contribution is 6.31. The quantitative estimate of drug-likeness (QED) is 0.583. The average Bonchev–Trinajstić information content (AvgIpc) is 3.35. The Morgan fingerprint density at radius 3 is 2.84 bits per heavy atom. The number of nitrogens with zero attached hydrogens (tertiary/aromatic N) is 1. The van der Waals surface area contributed by atoms with E-state index in [-0.39, 0.29) is 18.2 Å². The van der Waals surface area contributed by atoms with Crippen molar-refractivity contribution >= 4 is 40.0 Å². The number of fused-ring (bicyclic) bond motifs is 1. The van der Waals surface area contributed by atoms with Crippen LogP contribution in [-0.2, 0) is 16.0 Å². The number of hydrogen-bond acceptors (Lipinski definition) is 4. The number of rotatable bonds is 7. The maximum Gasteiger partial charge on any atom is 0.229 e. The number of H-pyrrole nitrogens is 1. The van der Waals surface area contributed by atoms with E-state index in [1.165, 1.54) is 7.11 Å². The van der Waals surface area contributed by atoms with Crippen LogP contribution >= 0.6 is 11.6 Å². The van der Waals surface area contributed by atoms with Crippen molar-refractivity contribution in [3.8, 4) is 11.5 Å². The first-order valence-corrected chi connectivity index (χ1v) is 10.4. The summed E-state index contributed by atoms with van der Waals surface area (Å²) < 4.78 is 10.5. The van der Waals surface area contributed by atoms with E-state index >= 15 is 0 Å². The largest absolute Gasteiger partial charge is 0.497 e. The second kappa shape index (κ2) is 8.89. The van der Waals surface area contributed by atoms with Crippen LogP contribution in [0.15, 0.2) is 42.6 Å². The number of amides is 2. The second-order valence-electron chi connectivity index (χ2n) is 7.55. The monoisotopic (exact) mass is 441 g/mol. The SMILES string of the molecule is COc1ccc(NC(=O)C2CC(=O)N(CCc3c[nH]c4ccc(Cl)cc34)C2)c(OC)c1. The van der Waals surface area contributed by atoms with Gasteiger partial charge in [0.25, 0.3) is 0 Å². The van der Waals surface area contributed by atoms with Crippen molar-refractivity contribution in [3.05, 3.63) is 53.2 Å². The van der Waals surface area contributed by atoms with E-state index in [9.17, 15) is 9.59 Å². The van der Waals surface area contributed by atoms with Crippen LogP contribution in [0.25, 0.3) is 10.9 Å². The lowest BCUT2D eigenvalue weighted by molar-refractivity contribution is -0.128. The zero-order valence-corrected chi connectivity index (χ0v) is 18.2. The summed E-state index contributed by atoms with van der Waals surface area (Å²) in [5.74, 6) is 0.525. The van der Waals surface area contributed by atoms with Crippen LogP contribution in [0.3, 0.4) is 0 Å². The molecule has 1 unspecified atom stereocenters. The van der Waals surface area contributed by atoms with Gasteiger partial charge in [0.05, 0.1) is 25.8 Å². The summed E-state index contributed by atoms with van der Waals surface area (Å²) in [6.45, 7) is 0.945. The van der Waals surface area contributed by atoms with Gasteiger partial charge < -0.3 is 24.7 Å². The molecule has 2 heterocycles. The lowest BCUT2D eigenvalue weighted by atomic mass is 10.1. The van der Waals surface area contributed by atoms with Crippen molar-refractivity contribution in [3.63, 3.8) is 0 Å². The molecule has 0 radical (unpaired) electrons. The topological polar surface area (TPSA) is 83.7 Å². The Kier molecular flexibility index (Phi) is 6.04. The number of benzene rings is 2. The van der Waals surface area contributed by atoms with Gasteiger partial charge in [-0.05, 0) is 42.3 Å². The van der Waals surface area contributed by atoms with E-state index in [1.54, 1.807) is 30.2 Å². The summed E-state index contributed by atoms with van der Waals surface area (Å²) >= 11 is 6.12. The Hall–Kier alpha value is -3.19. The first-order valence-electron chi connectivity index (χ1n) is 10.0. The third kappa shape index (κ3) is 4.46. The zero-order chi connectivity index (χ0) is 22.0. The molecule has 0 bridgehead atoms. The first-order chi connectivity index (χ1) is 15.0. The van der Waals surface area contributed by atoms with Crippen molar-refractivity contribution in [2.75, 3.05) is 32.6 Å². The number of carbonyl (C=O) groups is 2. The standard InChI is InChI=1S/C23H24ClN3O4/c1-30-17-4-6-20(21(11-17)31-2)26-23(29)15-9-22(28)27(13-15)8-7-14-12-25-19-5-3-16(24)10-18(14)19/h3-6,10-12,15,25H,7-9,13H2,1-2H3,(H,26,29). The molecule has 0 aliphatic carbocycles. The van der Waals surface area contributed by atoms with Gasteiger partial charge in [-0.15, -0.1) is 0 Å². The predicted molar refractivity (Wildman–Crippen MR) is 120 cm³/mol. The molecule has 1 aromatic heterocycles. The number of carbonyl (C=O) groups excluding carboxylic acids is 2. The van der Waals surface area contributed by atoms with E-state index < -0.39 is 5.92 Å². The minimum absolute atomic E-state index is 0.0141.